The largest absolute Gasteiger partial charge is 0.467 e. The first-order valence-corrected chi connectivity index (χ1v) is 14.1. The molecule has 1 saturated carbocycles. The van der Waals surface area contributed by atoms with Gasteiger partial charge in [-0.05, 0) is 43.4 Å². The Balaban J connectivity index is 2.03. The van der Waals surface area contributed by atoms with E-state index in [1.165, 1.54) is 19.1 Å². The lowest BCUT2D eigenvalue weighted by Gasteiger charge is -2.27. The monoisotopic (exact) mass is 580 g/mol. The lowest BCUT2D eigenvalue weighted by Crippen LogP contribution is -2.52. The molecular formula is C28H41ClN4O7. The molecule has 0 bridgehead atoms. The number of ether oxygens (including phenoxy) is 2. The highest BCUT2D eigenvalue weighted by Crippen LogP contribution is 2.27. The van der Waals surface area contributed by atoms with Crippen LogP contribution >= 0.6 is 11.6 Å². The van der Waals surface area contributed by atoms with E-state index in [4.69, 9.17) is 21.1 Å². The molecule has 0 spiro atoms. The van der Waals surface area contributed by atoms with Crippen LogP contribution in [0.25, 0.3) is 0 Å². The Hall–Kier alpha value is -3.34. The van der Waals surface area contributed by atoms with E-state index >= 15 is 0 Å². The molecule has 0 aliphatic heterocycles. The summed E-state index contributed by atoms with van der Waals surface area (Å²) in [6.45, 7) is 2.08. The Kier molecular flexibility index (Phi) is 14.3. The van der Waals surface area contributed by atoms with Crippen LogP contribution in [0.1, 0.15) is 63.9 Å². The Morgan fingerprint density at radius 3 is 2.45 bits per heavy atom. The number of methoxy groups -OCH3 is 1. The van der Waals surface area contributed by atoms with Crippen LogP contribution < -0.4 is 16.0 Å². The number of carbonyl (C=O) groups excluding carboxylic acids is 5. The third-order valence-electron chi connectivity index (χ3n) is 6.79. The van der Waals surface area contributed by atoms with Crippen LogP contribution in [0.4, 0.5) is 4.79 Å². The Morgan fingerprint density at radius 1 is 1.07 bits per heavy atom. The van der Waals surface area contributed by atoms with Crippen molar-refractivity contribution in [1.29, 1.82) is 0 Å². The minimum atomic E-state index is -1.11. The van der Waals surface area contributed by atoms with Crippen LogP contribution in [0, 0.1) is 5.92 Å². The zero-order valence-corrected chi connectivity index (χ0v) is 24.3. The molecule has 1 aliphatic carbocycles. The highest BCUT2D eigenvalue weighted by atomic mass is 35.5. The fraction of sp³-hybridized carbons (Fsp3) is 0.607. The first-order valence-electron chi connectivity index (χ1n) is 13.7. The lowest BCUT2D eigenvalue weighted by molar-refractivity contribution is -0.146. The predicted molar refractivity (Wildman–Crippen MR) is 149 cm³/mol. The maximum Gasteiger partial charge on any atom is 0.408 e. The second-order valence-electron chi connectivity index (χ2n) is 9.97. The van der Waals surface area contributed by atoms with Gasteiger partial charge in [-0.2, -0.15) is 0 Å². The van der Waals surface area contributed by atoms with Crippen LogP contribution in [0.5, 0.6) is 0 Å². The van der Waals surface area contributed by atoms with Crippen molar-refractivity contribution < 1.29 is 33.4 Å². The molecule has 222 valence electrons. The number of rotatable bonds is 14. The van der Waals surface area contributed by atoms with Crippen molar-refractivity contribution in [3.63, 3.8) is 0 Å². The second kappa shape index (κ2) is 17.4. The number of nitrogens with zero attached hydrogens (tertiary/aromatic N) is 1. The Bertz CT molecular complexity index is 1020. The first kappa shape index (κ1) is 32.9. The van der Waals surface area contributed by atoms with Gasteiger partial charge in [0.1, 0.15) is 18.7 Å². The molecule has 2 rings (SSSR count). The van der Waals surface area contributed by atoms with E-state index in [9.17, 15) is 24.0 Å². The van der Waals surface area contributed by atoms with Gasteiger partial charge in [-0.1, -0.05) is 55.8 Å². The summed E-state index contributed by atoms with van der Waals surface area (Å²) in [5.74, 6) is -1.71. The second-order valence-corrected chi connectivity index (χ2v) is 10.4. The molecule has 11 nitrogen and oxygen atoms in total. The molecule has 2 atom stereocenters. The fourth-order valence-electron chi connectivity index (χ4n) is 4.63. The van der Waals surface area contributed by atoms with E-state index in [2.05, 4.69) is 16.0 Å². The van der Waals surface area contributed by atoms with Crippen molar-refractivity contribution in [2.75, 3.05) is 27.2 Å². The summed E-state index contributed by atoms with van der Waals surface area (Å²) in [5.41, 5.74) is 0.698. The molecule has 3 N–H and O–H groups in total. The van der Waals surface area contributed by atoms with Gasteiger partial charge >= 0.3 is 12.1 Å². The summed E-state index contributed by atoms with van der Waals surface area (Å²) in [7, 11) is 2.68. The van der Waals surface area contributed by atoms with Crippen molar-refractivity contribution >= 4 is 41.4 Å². The average Bonchev–Trinajstić information content (AvgIpc) is 2.93. The van der Waals surface area contributed by atoms with Crippen LogP contribution in [-0.4, -0.2) is 74.0 Å². The van der Waals surface area contributed by atoms with Crippen molar-refractivity contribution in [3.8, 4) is 0 Å². The molecule has 1 aliphatic rings. The van der Waals surface area contributed by atoms with Gasteiger partial charge in [-0.15, -0.1) is 0 Å². The minimum absolute atomic E-state index is 0.0269. The van der Waals surface area contributed by atoms with Gasteiger partial charge in [-0.3, -0.25) is 14.4 Å². The number of likely N-dealkylation sites (N-methyl/N-ethyl adjacent to an activating group) is 2. The van der Waals surface area contributed by atoms with E-state index in [0.29, 0.717) is 23.6 Å². The van der Waals surface area contributed by atoms with Crippen LogP contribution in [-0.2, 0) is 35.3 Å². The highest BCUT2D eigenvalue weighted by Gasteiger charge is 2.31. The number of hydrogen-bond donors (Lipinski definition) is 3. The maximum absolute atomic E-state index is 13.3. The molecule has 1 aromatic rings. The summed E-state index contributed by atoms with van der Waals surface area (Å²) in [4.78, 5) is 64.0. The van der Waals surface area contributed by atoms with Gasteiger partial charge in [0.2, 0.25) is 17.7 Å². The molecule has 40 heavy (non-hydrogen) atoms. The first-order chi connectivity index (χ1) is 19.1. The molecule has 0 unspecified atom stereocenters. The molecule has 0 heterocycles. The minimum Gasteiger partial charge on any atom is -0.467 e. The number of carbonyl (C=O) groups is 5. The van der Waals surface area contributed by atoms with Crippen LogP contribution in [0.15, 0.2) is 24.3 Å². The number of amides is 4. The summed E-state index contributed by atoms with van der Waals surface area (Å²) < 4.78 is 10.2. The molecule has 4 amide bonds. The van der Waals surface area contributed by atoms with Gasteiger partial charge in [0, 0.05) is 25.0 Å². The zero-order valence-electron chi connectivity index (χ0n) is 23.5. The van der Waals surface area contributed by atoms with Gasteiger partial charge < -0.3 is 30.3 Å². The SMILES string of the molecule is CCNC(=O)CN(C)C(=O)CC[C@H](NC(=O)[C@H](CC1CCCCC1)NC(=O)OCc1cccc(Cl)c1)C(=O)OC. The summed E-state index contributed by atoms with van der Waals surface area (Å²) in [6, 6.07) is 4.84. The lowest BCUT2D eigenvalue weighted by atomic mass is 9.84. The number of halogens is 1. The molecule has 1 aromatic carbocycles. The highest BCUT2D eigenvalue weighted by molar-refractivity contribution is 6.30. The number of hydrogen-bond acceptors (Lipinski definition) is 7. The Morgan fingerprint density at radius 2 is 1.80 bits per heavy atom. The van der Waals surface area contributed by atoms with Crippen molar-refractivity contribution in [3.05, 3.63) is 34.9 Å². The van der Waals surface area contributed by atoms with E-state index in [1.54, 1.807) is 31.2 Å². The molecule has 0 saturated heterocycles. The van der Waals surface area contributed by atoms with E-state index in [1.807, 2.05) is 0 Å². The Labute approximate surface area is 240 Å². The smallest absolute Gasteiger partial charge is 0.408 e. The van der Waals surface area contributed by atoms with Crippen molar-refractivity contribution in [1.82, 2.24) is 20.9 Å². The topological polar surface area (TPSA) is 143 Å². The van der Waals surface area contributed by atoms with Crippen LogP contribution in [0.3, 0.4) is 0 Å². The standard InChI is InChI=1S/C28H41ClN4O7/c1-4-30-24(34)17-33(2)25(35)14-13-22(27(37)39-3)31-26(36)23(16-19-9-6-5-7-10-19)32-28(38)40-18-20-11-8-12-21(29)15-20/h8,11-12,15,19,22-23H,4-7,9-10,13-14,16-18H2,1-3H3,(H,30,34)(H,31,36)(H,32,38)/t22-,23-/m0/s1. The van der Waals surface area contributed by atoms with E-state index in [-0.39, 0.29) is 43.7 Å². The average molecular weight is 581 g/mol. The number of alkyl carbamates (subject to hydrolysis) is 1. The van der Waals surface area contributed by atoms with Crippen molar-refractivity contribution in [2.24, 2.45) is 5.92 Å². The molecule has 0 radical (unpaired) electrons. The number of benzene rings is 1. The third kappa shape index (κ3) is 11.8. The van der Waals surface area contributed by atoms with Crippen molar-refractivity contribution in [2.45, 2.75) is 77.0 Å². The quantitative estimate of drug-likeness (QED) is 0.287. The van der Waals surface area contributed by atoms with Gasteiger partial charge in [0.05, 0.1) is 13.7 Å². The number of esters is 1. The molecule has 1 fully saturated rings. The van der Waals surface area contributed by atoms with Crippen LogP contribution in [0.2, 0.25) is 5.02 Å². The number of nitrogens with one attached hydrogen (secondary N) is 3. The van der Waals surface area contributed by atoms with E-state index in [0.717, 1.165) is 32.1 Å². The summed E-state index contributed by atoms with van der Waals surface area (Å²) in [6.07, 6.45) is 4.60. The van der Waals surface area contributed by atoms with Gasteiger partial charge in [-0.25, -0.2) is 9.59 Å². The normalized spacial score (nSPS) is 14.8. The molecular weight excluding hydrogens is 540 g/mol. The van der Waals surface area contributed by atoms with E-state index < -0.39 is 30.1 Å². The fourth-order valence-corrected chi connectivity index (χ4v) is 4.84. The summed E-state index contributed by atoms with van der Waals surface area (Å²) >= 11 is 5.99. The van der Waals surface area contributed by atoms with Gasteiger partial charge in [0.15, 0.2) is 0 Å². The molecule has 12 heteroatoms. The third-order valence-corrected chi connectivity index (χ3v) is 7.03. The molecule has 0 aromatic heterocycles. The maximum atomic E-state index is 13.3. The summed E-state index contributed by atoms with van der Waals surface area (Å²) in [5, 5.41) is 8.43. The van der Waals surface area contributed by atoms with Gasteiger partial charge in [0.25, 0.3) is 0 Å². The predicted octanol–water partition coefficient (Wildman–Crippen LogP) is 2.94. The zero-order chi connectivity index (χ0) is 29.5.